The van der Waals surface area contributed by atoms with Crippen LogP contribution in [0.1, 0.15) is 177 Å². The Hall–Kier alpha value is -2.04. The summed E-state index contributed by atoms with van der Waals surface area (Å²) >= 11 is 0. The van der Waals surface area contributed by atoms with Gasteiger partial charge in [0.15, 0.2) is 9.84 Å². The summed E-state index contributed by atoms with van der Waals surface area (Å²) in [5.74, 6) is 2.49. The number of sulfone groups is 1. The smallest absolute Gasteiger partial charge is 0.317 e. The molecule has 0 unspecified atom stereocenters. The molecule has 1 saturated heterocycles. The van der Waals surface area contributed by atoms with E-state index < -0.39 is 34.7 Å². The quantitative estimate of drug-likeness (QED) is 0.0628. The summed E-state index contributed by atoms with van der Waals surface area (Å²) in [4.78, 5) is 28.0. The monoisotopic (exact) mass is 911 g/mol. The van der Waals surface area contributed by atoms with E-state index in [4.69, 9.17) is 9.47 Å². The molecule has 362 valence electrons. The van der Waals surface area contributed by atoms with Gasteiger partial charge in [-0.25, -0.2) is 12.8 Å². The van der Waals surface area contributed by atoms with Gasteiger partial charge in [-0.2, -0.15) is 0 Å². The van der Waals surface area contributed by atoms with Crippen LogP contribution in [0.25, 0.3) is 0 Å². The van der Waals surface area contributed by atoms with Gasteiger partial charge in [0, 0.05) is 38.1 Å². The van der Waals surface area contributed by atoms with E-state index in [9.17, 15) is 22.4 Å². The Kier molecular flexibility index (Phi) is 15.2. The first-order valence-electron chi connectivity index (χ1n) is 25.9. The molecule has 0 spiro atoms. The minimum atomic E-state index is -2.89. The van der Waals surface area contributed by atoms with Crippen molar-refractivity contribution in [3.63, 3.8) is 0 Å². The number of allylic oxidation sites excluding steroid dienone is 5. The summed E-state index contributed by atoms with van der Waals surface area (Å²) in [5.41, 5.74) is 3.46. The molecule has 0 aromatic heterocycles. The number of carbonyl (C=O) groups is 2. The van der Waals surface area contributed by atoms with E-state index in [0.717, 1.165) is 38.8 Å². The fraction of sp³-hybridized carbons (Fsp3) is 0.852. The van der Waals surface area contributed by atoms with E-state index in [-0.39, 0.29) is 44.7 Å². The number of carbonyl (C=O) groups excluding carboxylic acids is 2. The number of hydrogen-bond donors (Lipinski definition) is 1. The first-order chi connectivity index (χ1) is 30.3. The number of nitrogens with zero attached hydrogens (tertiary/aromatic N) is 1. The second kappa shape index (κ2) is 19.5. The van der Waals surface area contributed by atoms with Crippen LogP contribution >= 0.6 is 0 Å². The van der Waals surface area contributed by atoms with Crippen LogP contribution in [0.15, 0.2) is 35.5 Å². The summed E-state index contributed by atoms with van der Waals surface area (Å²) in [5, 5.41) is 4.22. The third kappa shape index (κ3) is 9.27. The van der Waals surface area contributed by atoms with Gasteiger partial charge in [0.05, 0.1) is 11.5 Å². The zero-order chi connectivity index (χ0) is 46.2. The molecule has 7 rings (SSSR count). The molecule has 1 aliphatic heterocycles. The Morgan fingerprint density at radius 1 is 0.844 bits per heavy atom. The lowest BCUT2D eigenvalue weighted by atomic mass is 9.33. The van der Waals surface area contributed by atoms with Crippen molar-refractivity contribution in [2.45, 2.75) is 182 Å². The standard InChI is InChI=1S/C54H87FN2O6S/c1-9-10-11-12-13-14-15-16-46(58)62-38-63-48(59)53(37-55)26-19-40(20-27-53)42-22-24-50(6)44(49(42,4)5)23-25-52(8)45(50)18-17-43-47-41(39(2)3)21-28-54(47,30-29-51(43,52)7)56-31-32-57-33-35-64(60,61)36-34-57/h19,22,41,43-45,47,56H,2,9-18,20-21,23-38H2,1,3-8H3/t41-,43+,44-,45+,47+,50-,51+,52+,53+,54-/m0/s1. The summed E-state index contributed by atoms with van der Waals surface area (Å²) in [6.45, 7) is 23.9. The summed E-state index contributed by atoms with van der Waals surface area (Å²) < 4.78 is 49.7. The number of hydrogen-bond acceptors (Lipinski definition) is 8. The number of rotatable bonds is 18. The first kappa shape index (κ1) is 49.9. The Labute approximate surface area is 388 Å². The van der Waals surface area contributed by atoms with E-state index in [1.807, 2.05) is 0 Å². The predicted molar refractivity (Wildman–Crippen MR) is 256 cm³/mol. The zero-order valence-electron chi connectivity index (χ0n) is 41.2. The molecule has 1 heterocycles. The van der Waals surface area contributed by atoms with Gasteiger partial charge in [-0.1, -0.05) is 104 Å². The van der Waals surface area contributed by atoms with Crippen molar-refractivity contribution in [3.8, 4) is 0 Å². The third-order valence-corrected chi connectivity index (χ3v) is 21.6. The maximum absolute atomic E-state index is 14.8. The van der Waals surface area contributed by atoms with Gasteiger partial charge < -0.3 is 19.7 Å². The highest BCUT2D eigenvalue weighted by atomic mass is 32.2. The molecule has 8 nitrogen and oxygen atoms in total. The molecule has 5 fully saturated rings. The molecule has 64 heavy (non-hydrogen) atoms. The molecular formula is C54H87FN2O6S. The number of ether oxygens (including phenoxy) is 2. The number of esters is 2. The average molecular weight is 911 g/mol. The molecule has 0 aromatic carbocycles. The highest BCUT2D eigenvalue weighted by Crippen LogP contribution is 2.76. The Morgan fingerprint density at radius 3 is 2.23 bits per heavy atom. The molecular weight excluding hydrogens is 824 g/mol. The Balaban J connectivity index is 0.998. The third-order valence-electron chi connectivity index (χ3n) is 20.0. The van der Waals surface area contributed by atoms with Crippen LogP contribution < -0.4 is 5.32 Å². The second-order valence-corrected chi connectivity index (χ2v) is 25.9. The van der Waals surface area contributed by atoms with Crippen molar-refractivity contribution in [1.82, 2.24) is 10.2 Å². The van der Waals surface area contributed by atoms with Gasteiger partial charge in [0.1, 0.15) is 12.1 Å². The number of halogens is 1. The largest absolute Gasteiger partial charge is 0.428 e. The van der Waals surface area contributed by atoms with E-state index in [1.165, 1.54) is 93.8 Å². The van der Waals surface area contributed by atoms with Crippen molar-refractivity contribution >= 4 is 21.8 Å². The summed E-state index contributed by atoms with van der Waals surface area (Å²) in [6.07, 6.45) is 25.0. The molecule has 0 bridgehead atoms. The van der Waals surface area contributed by atoms with Crippen molar-refractivity contribution in [2.24, 2.45) is 56.7 Å². The lowest BCUT2D eigenvalue weighted by molar-refractivity contribution is -0.221. The Morgan fingerprint density at radius 2 is 1.56 bits per heavy atom. The molecule has 7 aliphatic rings. The predicted octanol–water partition coefficient (Wildman–Crippen LogP) is 11.5. The molecule has 6 aliphatic carbocycles. The molecule has 10 atom stereocenters. The molecule has 0 radical (unpaired) electrons. The highest BCUT2D eigenvalue weighted by molar-refractivity contribution is 7.91. The lowest BCUT2D eigenvalue weighted by Crippen LogP contribution is -2.68. The van der Waals surface area contributed by atoms with Gasteiger partial charge in [0.25, 0.3) is 0 Å². The average Bonchev–Trinajstić information content (AvgIpc) is 3.64. The fourth-order valence-electron chi connectivity index (χ4n) is 16.1. The van der Waals surface area contributed by atoms with Crippen molar-refractivity contribution < 1.29 is 31.9 Å². The van der Waals surface area contributed by atoms with Gasteiger partial charge in [-0.05, 0) is 153 Å². The van der Waals surface area contributed by atoms with E-state index in [2.05, 4.69) is 77.4 Å². The van der Waals surface area contributed by atoms with Crippen molar-refractivity contribution in [3.05, 3.63) is 35.5 Å². The zero-order valence-corrected chi connectivity index (χ0v) is 42.0. The minimum absolute atomic E-state index is 0.0570. The highest BCUT2D eigenvalue weighted by Gasteiger charge is 2.70. The minimum Gasteiger partial charge on any atom is -0.428 e. The normalized spacial score (nSPS) is 39.0. The number of fused-ring (bicyclic) bond motifs is 7. The molecule has 0 amide bonds. The van der Waals surface area contributed by atoms with Crippen LogP contribution in [-0.4, -0.2) is 81.9 Å². The first-order valence-corrected chi connectivity index (χ1v) is 27.8. The summed E-state index contributed by atoms with van der Waals surface area (Å²) in [6, 6.07) is 0. The second-order valence-electron chi connectivity index (χ2n) is 23.6. The van der Waals surface area contributed by atoms with E-state index in [0.29, 0.717) is 68.4 Å². The van der Waals surface area contributed by atoms with Crippen LogP contribution in [0, 0.1) is 56.7 Å². The van der Waals surface area contributed by atoms with Crippen LogP contribution in [-0.2, 0) is 28.9 Å². The van der Waals surface area contributed by atoms with Crippen LogP contribution in [0.4, 0.5) is 4.39 Å². The molecule has 10 heteroatoms. The number of nitrogens with one attached hydrogen (secondary N) is 1. The lowest BCUT2D eigenvalue weighted by Gasteiger charge is -2.72. The van der Waals surface area contributed by atoms with Gasteiger partial charge in [-0.3, -0.25) is 9.59 Å². The van der Waals surface area contributed by atoms with Crippen LogP contribution in [0.2, 0.25) is 0 Å². The fourth-order valence-corrected chi connectivity index (χ4v) is 17.4. The molecule has 1 N–H and O–H groups in total. The van der Waals surface area contributed by atoms with Gasteiger partial charge in [0.2, 0.25) is 6.79 Å². The summed E-state index contributed by atoms with van der Waals surface area (Å²) in [7, 11) is -2.89. The number of unbranched alkanes of at least 4 members (excludes halogenated alkanes) is 6. The van der Waals surface area contributed by atoms with E-state index in [1.54, 1.807) is 0 Å². The van der Waals surface area contributed by atoms with Crippen molar-refractivity contribution in [1.29, 1.82) is 0 Å². The maximum atomic E-state index is 14.8. The molecule has 4 saturated carbocycles. The molecule has 0 aromatic rings. The Bertz CT molecular complexity index is 1880. The SMILES string of the molecule is C=C(C)[C@@H]1CC[C@]2(NCCN3CCS(=O)(=O)CC3)CC[C@]3(C)[C@H](CC[C@@H]4[C@@]5(C)CC=C(C6=CC[C@@](CF)(C(=O)OCOC(=O)CCCCCCCCC)CC6)C(C)(C)[C@@H]5CC[C@]43C)[C@@H]12. The topological polar surface area (TPSA) is 102 Å². The van der Waals surface area contributed by atoms with Gasteiger partial charge in [-0.15, -0.1) is 0 Å². The van der Waals surface area contributed by atoms with Gasteiger partial charge >= 0.3 is 11.9 Å². The maximum Gasteiger partial charge on any atom is 0.317 e. The van der Waals surface area contributed by atoms with E-state index >= 15 is 0 Å². The van der Waals surface area contributed by atoms with Crippen molar-refractivity contribution in [2.75, 3.05) is 51.2 Å². The van der Waals surface area contributed by atoms with Crippen LogP contribution in [0.3, 0.4) is 0 Å². The number of alkyl halides is 1. The van der Waals surface area contributed by atoms with Crippen LogP contribution in [0.5, 0.6) is 0 Å².